The Morgan fingerprint density at radius 3 is 2.40 bits per heavy atom. The Morgan fingerprint density at radius 1 is 1.47 bits per heavy atom. The van der Waals surface area contributed by atoms with E-state index in [2.05, 4.69) is 0 Å². The molecule has 0 radical (unpaired) electrons. The first-order valence-corrected chi connectivity index (χ1v) is 5.04. The van der Waals surface area contributed by atoms with E-state index in [1.165, 1.54) is 12.2 Å². The lowest BCUT2D eigenvalue weighted by Gasteiger charge is -2.69. The molecule has 0 saturated heterocycles. The molecule has 0 aromatic rings. The van der Waals surface area contributed by atoms with Crippen LogP contribution in [-0.2, 0) is 9.63 Å². The number of halogens is 2. The van der Waals surface area contributed by atoms with Crippen LogP contribution in [0.15, 0.2) is 0 Å². The highest BCUT2D eigenvalue weighted by molar-refractivity contribution is 5.85. The van der Waals surface area contributed by atoms with Crippen molar-refractivity contribution in [2.45, 2.75) is 32.1 Å². The van der Waals surface area contributed by atoms with Gasteiger partial charge in [0.1, 0.15) is 0 Å². The molecule has 2 bridgehead atoms. The number of nitrogens with zero attached hydrogens (tertiary/aromatic N) is 1. The van der Waals surface area contributed by atoms with Crippen LogP contribution in [0.1, 0.15) is 25.7 Å². The average molecular weight is 219 g/mol. The summed E-state index contributed by atoms with van der Waals surface area (Å²) < 4.78 is 24.4. The van der Waals surface area contributed by atoms with Gasteiger partial charge in [0, 0.05) is 13.5 Å². The summed E-state index contributed by atoms with van der Waals surface area (Å²) in [6.07, 6.45) is -0.484. The summed E-state index contributed by atoms with van der Waals surface area (Å²) in [4.78, 5) is 16.6. The van der Waals surface area contributed by atoms with Crippen molar-refractivity contribution in [1.82, 2.24) is 5.06 Å². The van der Waals surface area contributed by atoms with Crippen molar-refractivity contribution in [1.29, 1.82) is 0 Å². The third-order valence-corrected chi connectivity index (χ3v) is 3.74. The first-order chi connectivity index (χ1) is 6.93. The van der Waals surface area contributed by atoms with Crippen LogP contribution in [0.3, 0.4) is 0 Å². The smallest absolute Gasteiger partial charge is 0.252 e. The minimum atomic E-state index is -2.25. The summed E-state index contributed by atoms with van der Waals surface area (Å²) in [5.41, 5.74) is -0.613. The molecule has 3 aliphatic rings. The van der Waals surface area contributed by atoms with E-state index in [1.807, 2.05) is 0 Å². The summed E-state index contributed by atoms with van der Waals surface area (Å²) in [7, 11) is 2.99. The fourth-order valence-corrected chi connectivity index (χ4v) is 3.19. The van der Waals surface area contributed by atoms with Crippen LogP contribution >= 0.6 is 0 Å². The number of alkyl halides is 2. The Hall–Kier alpha value is -0.710. The zero-order chi connectivity index (χ0) is 11.3. The van der Waals surface area contributed by atoms with Crippen molar-refractivity contribution in [3.8, 4) is 0 Å². The fraction of sp³-hybridized carbons (Fsp3) is 0.900. The van der Waals surface area contributed by atoms with Crippen molar-refractivity contribution in [3.05, 3.63) is 0 Å². The maximum atomic E-state index is 12.2. The first-order valence-electron chi connectivity index (χ1n) is 5.04. The first kappa shape index (κ1) is 10.8. The Kier molecular flexibility index (Phi) is 2.26. The molecule has 1 amide bonds. The van der Waals surface area contributed by atoms with Crippen molar-refractivity contribution in [2.75, 3.05) is 14.2 Å². The molecule has 0 unspecified atom stereocenters. The molecule has 3 aliphatic carbocycles. The van der Waals surface area contributed by atoms with Gasteiger partial charge < -0.3 is 0 Å². The molecule has 15 heavy (non-hydrogen) atoms. The Balaban J connectivity index is 1.89. The van der Waals surface area contributed by atoms with Gasteiger partial charge in [-0.2, -0.15) is 0 Å². The zero-order valence-electron chi connectivity index (χ0n) is 8.93. The maximum Gasteiger partial charge on any atom is 0.252 e. The van der Waals surface area contributed by atoms with Gasteiger partial charge in [-0.1, -0.05) is 0 Å². The lowest BCUT2D eigenvalue weighted by Crippen LogP contribution is -2.68. The highest BCUT2D eigenvalue weighted by Gasteiger charge is 2.72. The molecule has 0 atom stereocenters. The summed E-state index contributed by atoms with van der Waals surface area (Å²) in [6, 6.07) is 0. The topological polar surface area (TPSA) is 29.5 Å². The van der Waals surface area contributed by atoms with Gasteiger partial charge >= 0.3 is 0 Å². The van der Waals surface area contributed by atoms with Gasteiger partial charge in [-0.15, -0.1) is 0 Å². The van der Waals surface area contributed by atoms with Crippen LogP contribution in [0.5, 0.6) is 0 Å². The second-order valence-electron chi connectivity index (χ2n) is 4.89. The van der Waals surface area contributed by atoms with Gasteiger partial charge in [-0.25, -0.2) is 13.8 Å². The second kappa shape index (κ2) is 3.14. The lowest BCUT2D eigenvalue weighted by atomic mass is 9.34. The Labute approximate surface area is 87.3 Å². The van der Waals surface area contributed by atoms with E-state index >= 15 is 0 Å². The molecule has 3 nitrogen and oxygen atoms in total. The summed E-state index contributed by atoms with van der Waals surface area (Å²) in [5, 5.41) is 1.20. The van der Waals surface area contributed by atoms with Crippen LogP contribution in [0, 0.1) is 10.8 Å². The predicted octanol–water partition coefficient (Wildman–Crippen LogP) is 1.83. The summed E-state index contributed by atoms with van der Waals surface area (Å²) >= 11 is 0. The van der Waals surface area contributed by atoms with Crippen LogP contribution in [-0.4, -0.2) is 31.6 Å². The van der Waals surface area contributed by atoms with Crippen molar-refractivity contribution in [3.63, 3.8) is 0 Å². The molecule has 3 rings (SSSR count). The van der Waals surface area contributed by atoms with Gasteiger partial charge in [-0.05, 0) is 24.7 Å². The molecule has 86 valence electrons. The van der Waals surface area contributed by atoms with E-state index in [-0.39, 0.29) is 23.2 Å². The van der Waals surface area contributed by atoms with E-state index in [1.54, 1.807) is 7.05 Å². The van der Waals surface area contributed by atoms with Crippen molar-refractivity contribution in [2.24, 2.45) is 10.8 Å². The SMILES string of the molecule is CON(C)C(=O)C12CC(CC(F)F)(C1)C2. The molecule has 0 N–H and O–H groups in total. The quantitative estimate of drug-likeness (QED) is 0.675. The molecule has 5 heteroatoms. The molecule has 0 aromatic carbocycles. The monoisotopic (exact) mass is 219 g/mol. The predicted molar refractivity (Wildman–Crippen MR) is 49.1 cm³/mol. The van der Waals surface area contributed by atoms with Gasteiger partial charge in [0.05, 0.1) is 12.5 Å². The van der Waals surface area contributed by atoms with Crippen molar-refractivity contribution >= 4 is 5.91 Å². The zero-order valence-corrected chi connectivity index (χ0v) is 8.93. The fourth-order valence-electron chi connectivity index (χ4n) is 3.19. The second-order valence-corrected chi connectivity index (χ2v) is 4.89. The third-order valence-electron chi connectivity index (χ3n) is 3.74. The molecule has 3 saturated carbocycles. The van der Waals surface area contributed by atoms with E-state index < -0.39 is 6.43 Å². The molecular formula is C10H15F2NO2. The highest BCUT2D eigenvalue weighted by atomic mass is 19.3. The molecule has 0 heterocycles. The van der Waals surface area contributed by atoms with E-state index in [4.69, 9.17) is 4.84 Å². The van der Waals surface area contributed by atoms with Crippen molar-refractivity contribution < 1.29 is 18.4 Å². The maximum absolute atomic E-state index is 12.2. The number of amides is 1. The van der Waals surface area contributed by atoms with E-state index in [0.717, 1.165) is 0 Å². The molecule has 3 fully saturated rings. The highest BCUT2D eigenvalue weighted by Crippen LogP contribution is 2.75. The third kappa shape index (κ3) is 1.44. The Bertz CT molecular complexity index is 273. The minimum absolute atomic E-state index is 0.0568. The Morgan fingerprint density at radius 2 is 2.00 bits per heavy atom. The van der Waals surface area contributed by atoms with E-state index in [0.29, 0.717) is 19.3 Å². The van der Waals surface area contributed by atoms with Gasteiger partial charge in [0.15, 0.2) is 0 Å². The summed E-state index contributed by atoms with van der Waals surface area (Å²) in [5.74, 6) is -0.0684. The lowest BCUT2D eigenvalue weighted by molar-refractivity contribution is -0.247. The van der Waals surface area contributed by atoms with E-state index in [9.17, 15) is 13.6 Å². The number of carbonyl (C=O) groups is 1. The number of rotatable bonds is 4. The standard InChI is InChI=1S/C10H15F2NO2/c1-13(15-2)8(14)10-4-9(5-10,6-10)3-7(11)12/h7H,3-6H2,1-2H3. The molecule has 0 aliphatic heterocycles. The number of hydrogen-bond donors (Lipinski definition) is 0. The summed E-state index contributed by atoms with van der Waals surface area (Å²) in [6.45, 7) is 0. The minimum Gasteiger partial charge on any atom is -0.275 e. The van der Waals surface area contributed by atoms with Gasteiger partial charge in [0.25, 0.3) is 5.91 Å². The number of hydrogen-bond acceptors (Lipinski definition) is 2. The molecular weight excluding hydrogens is 204 g/mol. The number of hydroxylamine groups is 2. The normalized spacial score (nSPS) is 37.1. The largest absolute Gasteiger partial charge is 0.275 e. The molecule has 0 spiro atoms. The van der Waals surface area contributed by atoms with Crippen LogP contribution < -0.4 is 0 Å². The average Bonchev–Trinajstić information content (AvgIpc) is 2.05. The molecule has 0 aromatic heterocycles. The number of carbonyl (C=O) groups excluding carboxylic acids is 1. The van der Waals surface area contributed by atoms with Crippen LogP contribution in [0.4, 0.5) is 8.78 Å². The van der Waals surface area contributed by atoms with Gasteiger partial charge in [0.2, 0.25) is 6.43 Å². The van der Waals surface area contributed by atoms with Crippen LogP contribution in [0.25, 0.3) is 0 Å². The van der Waals surface area contributed by atoms with Gasteiger partial charge in [-0.3, -0.25) is 9.63 Å². The van der Waals surface area contributed by atoms with Crippen LogP contribution in [0.2, 0.25) is 0 Å².